The van der Waals surface area contributed by atoms with E-state index in [9.17, 15) is 4.57 Å². The lowest BCUT2D eigenvalue weighted by molar-refractivity contribution is -0.0465. The fraction of sp³-hybridized carbons (Fsp3) is 1.00. The molecule has 1 aliphatic carbocycles. The lowest BCUT2D eigenvalue weighted by Gasteiger charge is -2.25. The average Bonchev–Trinajstić information content (AvgIpc) is 2.09. The van der Waals surface area contributed by atoms with Gasteiger partial charge in [0.2, 0.25) is 0 Å². The molecule has 1 saturated carbocycles. The number of nitrogens with two attached hydrogens (primary N) is 1. The van der Waals surface area contributed by atoms with Crippen molar-refractivity contribution in [2.24, 2.45) is 5.73 Å². The predicted octanol–water partition coefficient (Wildman–Crippen LogP) is 1.45. The molecule has 4 nitrogen and oxygen atoms in total. The molecular formula is C7H14NO3P. The third-order valence-corrected chi connectivity index (χ3v) is 2.34. The van der Waals surface area contributed by atoms with Gasteiger partial charge in [0.25, 0.3) is 0 Å². The largest absolute Gasteiger partial charge is 0.351 e. The first-order chi connectivity index (χ1) is 5.83. The molecule has 2 N–H and O–H groups in total. The number of hydrogen-bond acceptors (Lipinski definition) is 4. The number of rotatable bonds is 4. The van der Waals surface area contributed by atoms with Gasteiger partial charge in [-0.2, -0.15) is 0 Å². The molecular weight excluding hydrogens is 177 g/mol. The van der Waals surface area contributed by atoms with Crippen LogP contribution in [0.15, 0.2) is 0 Å². The van der Waals surface area contributed by atoms with Gasteiger partial charge in [-0.15, -0.1) is 0 Å². The molecule has 0 saturated heterocycles. The van der Waals surface area contributed by atoms with Gasteiger partial charge in [0.1, 0.15) is 0 Å². The Morgan fingerprint density at radius 3 is 2.58 bits per heavy atom. The van der Waals surface area contributed by atoms with Crippen molar-refractivity contribution in [2.45, 2.75) is 37.8 Å². The van der Waals surface area contributed by atoms with E-state index < -0.39 is 0 Å². The lowest BCUT2D eigenvalue weighted by Crippen LogP contribution is -2.30. The molecule has 0 atom stereocenters. The van der Waals surface area contributed by atoms with E-state index in [0.717, 1.165) is 25.7 Å². The Hall–Kier alpha value is -0.0200. The molecule has 0 aromatic rings. The van der Waals surface area contributed by atoms with E-state index in [1.54, 1.807) is 0 Å². The van der Waals surface area contributed by atoms with E-state index in [0.29, 0.717) is 6.04 Å². The maximum absolute atomic E-state index is 9.87. The van der Waals surface area contributed by atoms with Crippen LogP contribution in [0.25, 0.3) is 0 Å². The lowest BCUT2D eigenvalue weighted by atomic mass is 9.94. The third-order valence-electron chi connectivity index (χ3n) is 2.13. The summed E-state index contributed by atoms with van der Waals surface area (Å²) in [6, 6.07) is 0.336. The Kier molecular flexibility index (Phi) is 4.69. The molecule has 0 spiro atoms. The molecule has 70 valence electrons. The molecule has 0 bridgehead atoms. The monoisotopic (exact) mass is 191 g/mol. The van der Waals surface area contributed by atoms with E-state index >= 15 is 0 Å². The summed E-state index contributed by atoms with van der Waals surface area (Å²) in [6.07, 6.45) is 4.24. The smallest absolute Gasteiger partial charge is 0.329 e. The van der Waals surface area contributed by atoms with Gasteiger partial charge in [-0.25, -0.2) is 4.57 Å². The zero-order valence-corrected chi connectivity index (χ0v) is 7.83. The Bertz CT molecular complexity index is 137. The molecule has 0 aliphatic heterocycles. The quantitative estimate of drug-likeness (QED) is 0.415. The van der Waals surface area contributed by atoms with Crippen molar-refractivity contribution in [3.63, 3.8) is 0 Å². The van der Waals surface area contributed by atoms with Crippen LogP contribution in [0.2, 0.25) is 0 Å². The summed E-state index contributed by atoms with van der Waals surface area (Å²) >= 11 is 0. The summed E-state index contributed by atoms with van der Waals surface area (Å²) in [7, 11) is -0.317. The summed E-state index contributed by atoms with van der Waals surface area (Å²) in [5.74, 6) is 0. The second-order valence-corrected chi connectivity index (χ2v) is 3.43. The summed E-state index contributed by atoms with van der Waals surface area (Å²) < 4.78 is 19.7. The minimum Gasteiger partial charge on any atom is -0.351 e. The summed E-state index contributed by atoms with van der Waals surface area (Å²) in [4.78, 5) is 0. The van der Waals surface area contributed by atoms with Crippen LogP contribution in [0.5, 0.6) is 0 Å². The van der Waals surface area contributed by atoms with Gasteiger partial charge in [-0.3, -0.25) is 4.52 Å². The summed E-state index contributed by atoms with van der Waals surface area (Å²) in [5.41, 5.74) is 5.71. The van der Waals surface area contributed by atoms with Gasteiger partial charge >= 0.3 is 8.69 Å². The van der Waals surface area contributed by atoms with Crippen molar-refractivity contribution in [2.75, 3.05) is 6.79 Å². The highest BCUT2D eigenvalue weighted by molar-refractivity contribution is 7.17. The SMILES string of the molecule is NC1CCC(OCOP=O)CC1. The fourth-order valence-corrected chi connectivity index (χ4v) is 1.51. The van der Waals surface area contributed by atoms with Gasteiger partial charge in [0.15, 0.2) is 6.79 Å². The van der Waals surface area contributed by atoms with Crippen molar-refractivity contribution in [1.29, 1.82) is 0 Å². The highest BCUT2D eigenvalue weighted by Crippen LogP contribution is 2.19. The van der Waals surface area contributed by atoms with Crippen molar-refractivity contribution in [1.82, 2.24) is 0 Å². The van der Waals surface area contributed by atoms with E-state index in [1.807, 2.05) is 0 Å². The van der Waals surface area contributed by atoms with E-state index in [2.05, 4.69) is 4.52 Å². The van der Waals surface area contributed by atoms with Crippen LogP contribution in [0.1, 0.15) is 25.7 Å². The zero-order chi connectivity index (χ0) is 8.81. The van der Waals surface area contributed by atoms with Crippen LogP contribution >= 0.6 is 8.69 Å². The molecule has 1 aliphatic rings. The first-order valence-corrected chi connectivity index (χ1v) is 4.87. The molecule has 1 rings (SSSR count). The number of ether oxygens (including phenoxy) is 1. The second kappa shape index (κ2) is 5.60. The van der Waals surface area contributed by atoms with Gasteiger partial charge in [0.05, 0.1) is 6.10 Å². The second-order valence-electron chi connectivity index (χ2n) is 3.02. The maximum atomic E-state index is 9.87. The molecule has 0 aromatic carbocycles. The third kappa shape index (κ3) is 3.59. The van der Waals surface area contributed by atoms with Crippen LogP contribution in [0.4, 0.5) is 0 Å². The van der Waals surface area contributed by atoms with Crippen LogP contribution in [-0.2, 0) is 13.8 Å². The fourth-order valence-electron chi connectivity index (χ4n) is 1.40. The molecule has 0 aromatic heterocycles. The zero-order valence-electron chi connectivity index (χ0n) is 6.94. The minimum absolute atomic E-state index is 0.116. The first-order valence-electron chi connectivity index (χ1n) is 4.14. The molecule has 0 unspecified atom stereocenters. The molecule has 5 heteroatoms. The van der Waals surface area contributed by atoms with Crippen LogP contribution in [0, 0.1) is 0 Å². The van der Waals surface area contributed by atoms with Crippen molar-refractivity contribution in [3.05, 3.63) is 0 Å². The van der Waals surface area contributed by atoms with Crippen LogP contribution < -0.4 is 5.73 Å². The minimum atomic E-state index is -0.317. The average molecular weight is 191 g/mol. The Labute approximate surface area is 73.7 Å². The van der Waals surface area contributed by atoms with Crippen molar-refractivity contribution < 1.29 is 13.8 Å². The molecule has 12 heavy (non-hydrogen) atoms. The molecule has 0 radical (unpaired) electrons. The van der Waals surface area contributed by atoms with E-state index in [1.165, 1.54) is 0 Å². The topological polar surface area (TPSA) is 61.6 Å². The van der Waals surface area contributed by atoms with E-state index in [4.69, 9.17) is 10.5 Å². The highest BCUT2D eigenvalue weighted by atomic mass is 31.1. The normalized spacial score (nSPS) is 30.8. The molecule has 0 heterocycles. The Morgan fingerprint density at radius 2 is 2.00 bits per heavy atom. The standard InChI is InChI=1S/C7H14NO3P/c8-6-1-3-7(4-2-6)10-5-11-12-9/h6-7H,1-5,8H2. The van der Waals surface area contributed by atoms with Crippen molar-refractivity contribution >= 4 is 8.69 Å². The summed E-state index contributed by atoms with van der Waals surface area (Å²) in [5, 5.41) is 0. The highest BCUT2D eigenvalue weighted by Gasteiger charge is 2.18. The van der Waals surface area contributed by atoms with Crippen LogP contribution in [-0.4, -0.2) is 18.9 Å². The Balaban J connectivity index is 2.05. The Morgan fingerprint density at radius 1 is 1.33 bits per heavy atom. The number of hydrogen-bond donors (Lipinski definition) is 1. The van der Waals surface area contributed by atoms with Gasteiger partial charge < -0.3 is 10.5 Å². The van der Waals surface area contributed by atoms with E-state index in [-0.39, 0.29) is 21.6 Å². The molecule has 0 amide bonds. The van der Waals surface area contributed by atoms with Crippen molar-refractivity contribution in [3.8, 4) is 0 Å². The predicted molar refractivity (Wildman–Crippen MR) is 44.9 cm³/mol. The first kappa shape index (κ1) is 10.1. The maximum Gasteiger partial charge on any atom is 0.329 e. The summed E-state index contributed by atoms with van der Waals surface area (Å²) in [6.45, 7) is 0.116. The van der Waals surface area contributed by atoms with Gasteiger partial charge in [0, 0.05) is 6.04 Å². The van der Waals surface area contributed by atoms with Gasteiger partial charge in [-0.05, 0) is 25.7 Å². The van der Waals surface area contributed by atoms with Gasteiger partial charge in [-0.1, -0.05) is 0 Å². The molecule has 1 fully saturated rings. The van der Waals surface area contributed by atoms with Crippen LogP contribution in [0.3, 0.4) is 0 Å².